The zero-order valence-electron chi connectivity index (χ0n) is 13.0. The number of rotatable bonds is 5. The fourth-order valence-corrected chi connectivity index (χ4v) is 14.1. The Morgan fingerprint density at radius 3 is 2.38 bits per heavy atom. The second-order valence-corrected chi connectivity index (χ2v) is 23.5. The normalized spacial score (nSPS) is 15.4. The summed E-state index contributed by atoms with van der Waals surface area (Å²) in [5, 5.41) is 0. The van der Waals surface area contributed by atoms with E-state index in [4.69, 9.17) is 18.5 Å². The average molecular weight is 419 g/mol. The van der Waals surface area contributed by atoms with Crippen molar-refractivity contribution < 1.29 is 23.1 Å². The first-order chi connectivity index (χ1) is 9.80. The van der Waals surface area contributed by atoms with Gasteiger partial charge in [-0.15, -0.1) is 0 Å². The molecule has 0 saturated carbocycles. The van der Waals surface area contributed by atoms with Crippen LogP contribution in [0.25, 0.3) is 6.08 Å². The Morgan fingerprint density at radius 1 is 1.19 bits per heavy atom. The molecule has 0 saturated heterocycles. The Kier molecular flexibility index (Phi) is 5.08. The Labute approximate surface area is 129 Å². The van der Waals surface area contributed by atoms with Crippen LogP contribution in [0.2, 0.25) is 14.8 Å². The topological polar surface area (TPSA) is 54.0 Å². The molecule has 2 rings (SSSR count). The maximum atomic E-state index is 12.8. The molecular formula is C14H21O5PSn. The first-order valence-electron chi connectivity index (χ1n) is 6.64. The van der Waals surface area contributed by atoms with Crippen molar-refractivity contribution in [2.45, 2.75) is 14.8 Å². The molecule has 0 fully saturated rings. The van der Waals surface area contributed by atoms with Crippen LogP contribution < -0.4 is 9.47 Å². The third-order valence-corrected chi connectivity index (χ3v) is 16.6. The van der Waals surface area contributed by atoms with Crippen LogP contribution in [-0.2, 0) is 13.6 Å². The van der Waals surface area contributed by atoms with Crippen LogP contribution in [-0.4, -0.2) is 39.4 Å². The van der Waals surface area contributed by atoms with Crippen LogP contribution in [0.1, 0.15) is 5.56 Å². The number of hydrogen-bond acceptors (Lipinski definition) is 5. The molecule has 1 aliphatic heterocycles. The fraction of sp³-hybridized carbons (Fsp3) is 0.429. The third kappa shape index (κ3) is 3.64. The van der Waals surface area contributed by atoms with E-state index in [2.05, 4.69) is 14.8 Å². The van der Waals surface area contributed by atoms with Gasteiger partial charge in [-0.25, -0.2) is 0 Å². The summed E-state index contributed by atoms with van der Waals surface area (Å²) in [5.74, 6) is 1.44. The number of benzene rings is 1. The molecule has 0 bridgehead atoms. The molecule has 0 N–H and O–H groups in total. The van der Waals surface area contributed by atoms with Crippen LogP contribution in [0.15, 0.2) is 21.5 Å². The van der Waals surface area contributed by atoms with Crippen molar-refractivity contribution in [3.05, 3.63) is 27.1 Å². The molecule has 7 heteroatoms. The summed E-state index contributed by atoms with van der Waals surface area (Å²) in [5.41, 5.74) is 0.912. The van der Waals surface area contributed by atoms with E-state index in [1.807, 2.05) is 24.3 Å². The van der Waals surface area contributed by atoms with E-state index in [9.17, 15) is 4.57 Å². The molecule has 0 spiro atoms. The summed E-state index contributed by atoms with van der Waals surface area (Å²) in [6.45, 7) is 0.239. The molecule has 1 aromatic carbocycles. The zero-order valence-corrected chi connectivity index (χ0v) is 16.8. The van der Waals surface area contributed by atoms with E-state index in [-0.39, 0.29) is 6.79 Å². The van der Waals surface area contributed by atoms with Crippen LogP contribution in [0.5, 0.6) is 11.5 Å². The predicted molar refractivity (Wildman–Crippen MR) is 85.5 cm³/mol. The van der Waals surface area contributed by atoms with E-state index in [0.717, 1.165) is 14.6 Å². The first kappa shape index (κ1) is 16.9. The van der Waals surface area contributed by atoms with Gasteiger partial charge in [-0.2, -0.15) is 0 Å². The summed E-state index contributed by atoms with van der Waals surface area (Å²) in [7, 11) is -0.364. The Balaban J connectivity index is 2.49. The second kappa shape index (κ2) is 6.32. The quantitative estimate of drug-likeness (QED) is 0.531. The Hall–Kier alpha value is -0.491. The molecule has 1 aromatic rings. The van der Waals surface area contributed by atoms with Gasteiger partial charge in [0.05, 0.1) is 0 Å². The van der Waals surface area contributed by atoms with Gasteiger partial charge in [0, 0.05) is 0 Å². The van der Waals surface area contributed by atoms with Crippen molar-refractivity contribution in [1.82, 2.24) is 0 Å². The fourth-order valence-electron chi connectivity index (χ4n) is 2.14. The SMILES string of the molecule is COP(=O)(OC)/[C](=C/c1ccc2c(c1)OCO2)[Sn]([CH3])([CH3])[CH3]. The number of ether oxygens (including phenoxy) is 2. The van der Waals surface area contributed by atoms with Crippen LogP contribution in [0, 0.1) is 0 Å². The first-order valence-corrected chi connectivity index (χ1v) is 18.2. The Morgan fingerprint density at radius 2 is 1.81 bits per heavy atom. The summed E-state index contributed by atoms with van der Waals surface area (Å²) >= 11 is -2.68. The molecule has 21 heavy (non-hydrogen) atoms. The Bertz CT molecular complexity index is 598. The summed E-state index contributed by atoms with van der Waals surface area (Å²) in [4.78, 5) is 6.54. The molecule has 5 nitrogen and oxygen atoms in total. The molecule has 0 aromatic heterocycles. The van der Waals surface area contributed by atoms with Crippen molar-refractivity contribution in [3.63, 3.8) is 0 Å². The number of fused-ring (bicyclic) bond motifs is 1. The molecule has 0 atom stereocenters. The summed E-state index contributed by atoms with van der Waals surface area (Å²) in [6.07, 6.45) is 1.92. The molecular weight excluding hydrogens is 398 g/mol. The van der Waals surface area contributed by atoms with E-state index in [0.29, 0.717) is 5.75 Å². The van der Waals surface area contributed by atoms with Gasteiger partial charge in [-0.1, -0.05) is 0 Å². The average Bonchev–Trinajstić information content (AvgIpc) is 2.90. The van der Waals surface area contributed by atoms with Gasteiger partial charge in [-0.05, 0) is 0 Å². The monoisotopic (exact) mass is 420 g/mol. The maximum absolute atomic E-state index is 12.8. The van der Waals surface area contributed by atoms with Crippen molar-refractivity contribution in [1.29, 1.82) is 0 Å². The summed E-state index contributed by atoms with van der Waals surface area (Å²) < 4.78 is 34.7. The van der Waals surface area contributed by atoms with E-state index in [1.165, 1.54) is 14.2 Å². The van der Waals surface area contributed by atoms with Crippen LogP contribution in [0.4, 0.5) is 0 Å². The van der Waals surface area contributed by atoms with Gasteiger partial charge in [0.2, 0.25) is 0 Å². The van der Waals surface area contributed by atoms with E-state index < -0.39 is 26.0 Å². The van der Waals surface area contributed by atoms with Crippen molar-refractivity contribution in [2.24, 2.45) is 0 Å². The molecule has 116 valence electrons. The molecule has 0 amide bonds. The third-order valence-electron chi connectivity index (χ3n) is 3.24. The zero-order chi connectivity index (χ0) is 15.7. The van der Waals surface area contributed by atoms with Gasteiger partial charge < -0.3 is 0 Å². The van der Waals surface area contributed by atoms with Crippen molar-refractivity contribution >= 4 is 32.0 Å². The molecule has 0 aliphatic carbocycles. The van der Waals surface area contributed by atoms with Crippen molar-refractivity contribution in [3.8, 4) is 11.5 Å². The second-order valence-electron chi connectivity index (χ2n) is 5.75. The van der Waals surface area contributed by atoms with E-state index in [1.54, 1.807) is 0 Å². The van der Waals surface area contributed by atoms with Gasteiger partial charge in [-0.3, -0.25) is 0 Å². The van der Waals surface area contributed by atoms with E-state index >= 15 is 0 Å². The van der Waals surface area contributed by atoms with Crippen LogP contribution in [0.3, 0.4) is 0 Å². The summed E-state index contributed by atoms with van der Waals surface area (Å²) in [6, 6.07) is 5.66. The molecule has 1 heterocycles. The van der Waals surface area contributed by atoms with Crippen LogP contribution >= 0.6 is 7.60 Å². The minimum atomic E-state index is -3.22. The molecule has 1 aliphatic rings. The van der Waals surface area contributed by atoms with Gasteiger partial charge >= 0.3 is 130 Å². The molecule has 0 radical (unpaired) electrons. The number of hydrogen-bond donors (Lipinski definition) is 0. The van der Waals surface area contributed by atoms with Gasteiger partial charge in [0.1, 0.15) is 0 Å². The van der Waals surface area contributed by atoms with Gasteiger partial charge in [0.25, 0.3) is 0 Å². The molecule has 0 unspecified atom stereocenters. The predicted octanol–water partition coefficient (Wildman–Crippen LogP) is 4.12. The van der Waals surface area contributed by atoms with Crippen molar-refractivity contribution in [2.75, 3.05) is 21.0 Å². The van der Waals surface area contributed by atoms with Gasteiger partial charge in [0.15, 0.2) is 0 Å². The minimum absolute atomic E-state index is 0.239. The standard InChI is InChI=1S/C11H12O5P.3CH3.Sn/c1-13-17(12,14-2)6-5-9-3-4-10-11(7-9)16-8-15-10;;;;/h3-5,7H,8H2,1-2H3;3*1H3;.